The molecule has 1 aliphatic rings. The van der Waals surface area contributed by atoms with Crippen LogP contribution in [-0.2, 0) is 19.1 Å². The van der Waals surface area contributed by atoms with Crippen LogP contribution in [0.1, 0.15) is 66.7 Å². The molecule has 0 saturated heterocycles. The quantitative estimate of drug-likeness (QED) is 0.726. The van der Waals surface area contributed by atoms with E-state index in [1.165, 1.54) is 13.8 Å². The molecule has 0 bridgehead atoms. The molecule has 0 heterocycles. The number of carbonyl (C=O) groups excluding carboxylic acids is 2. The zero-order valence-electron chi connectivity index (χ0n) is 15.3. The highest BCUT2D eigenvalue weighted by Gasteiger charge is 2.52. The predicted molar refractivity (Wildman–Crippen MR) is 83.6 cm³/mol. The third-order valence-electron chi connectivity index (χ3n) is 4.65. The van der Waals surface area contributed by atoms with Crippen molar-refractivity contribution >= 4 is 11.9 Å². The van der Waals surface area contributed by atoms with Crippen LogP contribution in [0.2, 0.25) is 0 Å². The summed E-state index contributed by atoms with van der Waals surface area (Å²) >= 11 is 0. The van der Waals surface area contributed by atoms with Crippen molar-refractivity contribution in [1.29, 1.82) is 0 Å². The molecule has 0 radical (unpaired) electrons. The molecule has 1 fully saturated rings. The van der Waals surface area contributed by atoms with Crippen molar-refractivity contribution in [3.05, 3.63) is 0 Å². The highest BCUT2D eigenvalue weighted by molar-refractivity contribution is 5.83. The lowest BCUT2D eigenvalue weighted by molar-refractivity contribution is -0.257. The average molecular weight is 368 g/mol. The molecule has 1 unspecified atom stereocenters. The molecule has 146 valence electrons. The molecule has 1 saturated carbocycles. The lowest BCUT2D eigenvalue weighted by Gasteiger charge is -2.35. The van der Waals surface area contributed by atoms with E-state index in [-0.39, 0.29) is 5.92 Å². The molecule has 1 rings (SSSR count). The minimum Gasteiger partial charge on any atom is -0.456 e. The molecule has 25 heavy (non-hydrogen) atoms. The van der Waals surface area contributed by atoms with Crippen LogP contribution in [0.25, 0.3) is 0 Å². The first kappa shape index (κ1) is 21.7. The van der Waals surface area contributed by atoms with Gasteiger partial charge < -0.3 is 14.6 Å². The molecular formula is C17H27F3O5. The number of ether oxygens (including phenoxy) is 2. The molecule has 1 atom stereocenters. The highest BCUT2D eigenvalue weighted by atomic mass is 19.4. The first-order valence-corrected chi connectivity index (χ1v) is 8.33. The van der Waals surface area contributed by atoms with E-state index < -0.39 is 41.3 Å². The fourth-order valence-corrected chi connectivity index (χ4v) is 2.81. The van der Waals surface area contributed by atoms with Gasteiger partial charge in [0, 0.05) is 0 Å². The zero-order valence-corrected chi connectivity index (χ0v) is 15.3. The number of hydrogen-bond donors (Lipinski definition) is 1. The van der Waals surface area contributed by atoms with Gasteiger partial charge in [0.15, 0.2) is 5.60 Å². The minimum atomic E-state index is -4.98. The van der Waals surface area contributed by atoms with Gasteiger partial charge in [-0.05, 0) is 53.4 Å². The summed E-state index contributed by atoms with van der Waals surface area (Å²) in [5.74, 6) is -1.97. The molecule has 1 aliphatic carbocycles. The Morgan fingerprint density at radius 3 is 1.92 bits per heavy atom. The topological polar surface area (TPSA) is 72.8 Å². The van der Waals surface area contributed by atoms with Crippen molar-refractivity contribution < 1.29 is 37.3 Å². The van der Waals surface area contributed by atoms with Crippen LogP contribution in [0.15, 0.2) is 0 Å². The lowest BCUT2D eigenvalue weighted by Crippen LogP contribution is -2.48. The van der Waals surface area contributed by atoms with Crippen LogP contribution in [0.5, 0.6) is 0 Å². The summed E-state index contributed by atoms with van der Waals surface area (Å²) in [6.45, 7) is 6.52. The Bertz CT molecular complexity index is 503. The molecule has 0 aromatic carbocycles. The SMILES string of the molecule is CC(C)(OC(=O)CC(C)(O)C(F)(F)F)C(=O)OC(C)(C)C1CCCC1. The molecule has 0 aromatic heterocycles. The van der Waals surface area contributed by atoms with Crippen molar-refractivity contribution in [2.24, 2.45) is 5.92 Å². The molecule has 8 heteroatoms. The normalized spacial score (nSPS) is 19.4. The Morgan fingerprint density at radius 2 is 1.48 bits per heavy atom. The number of halogens is 3. The Morgan fingerprint density at radius 1 is 1.00 bits per heavy atom. The summed E-state index contributed by atoms with van der Waals surface area (Å²) in [4.78, 5) is 24.1. The summed E-state index contributed by atoms with van der Waals surface area (Å²) in [7, 11) is 0. The van der Waals surface area contributed by atoms with Gasteiger partial charge in [-0.1, -0.05) is 12.8 Å². The summed E-state index contributed by atoms with van der Waals surface area (Å²) in [5.41, 5.74) is -5.74. The highest BCUT2D eigenvalue weighted by Crippen LogP contribution is 2.37. The lowest BCUT2D eigenvalue weighted by atomic mass is 9.89. The Kier molecular flexibility index (Phi) is 6.20. The smallest absolute Gasteiger partial charge is 0.417 e. The largest absolute Gasteiger partial charge is 0.456 e. The zero-order chi connectivity index (χ0) is 19.7. The van der Waals surface area contributed by atoms with E-state index in [0.29, 0.717) is 6.92 Å². The minimum absolute atomic E-state index is 0.189. The second kappa shape index (κ2) is 7.13. The molecule has 5 nitrogen and oxygen atoms in total. The van der Waals surface area contributed by atoms with Crippen molar-refractivity contribution in [3.63, 3.8) is 0 Å². The number of alkyl halides is 3. The fourth-order valence-electron chi connectivity index (χ4n) is 2.81. The van der Waals surface area contributed by atoms with Crippen LogP contribution in [-0.4, -0.2) is 40.0 Å². The van der Waals surface area contributed by atoms with E-state index in [2.05, 4.69) is 0 Å². The van der Waals surface area contributed by atoms with Crippen molar-refractivity contribution in [2.45, 2.75) is 89.7 Å². The first-order valence-electron chi connectivity index (χ1n) is 8.33. The van der Waals surface area contributed by atoms with Gasteiger partial charge >= 0.3 is 18.1 Å². The maximum atomic E-state index is 12.6. The van der Waals surface area contributed by atoms with Crippen LogP contribution >= 0.6 is 0 Å². The Hall–Kier alpha value is -1.31. The maximum absolute atomic E-state index is 12.6. The van der Waals surface area contributed by atoms with Crippen LogP contribution in [0.3, 0.4) is 0 Å². The van der Waals surface area contributed by atoms with Crippen molar-refractivity contribution in [1.82, 2.24) is 0 Å². The Balaban J connectivity index is 2.70. The van der Waals surface area contributed by atoms with Gasteiger partial charge in [-0.25, -0.2) is 4.79 Å². The van der Waals surface area contributed by atoms with E-state index in [1.54, 1.807) is 13.8 Å². The van der Waals surface area contributed by atoms with Gasteiger partial charge in [0.05, 0.1) is 6.42 Å². The summed E-state index contributed by atoms with van der Waals surface area (Å²) in [6, 6.07) is 0. The summed E-state index contributed by atoms with van der Waals surface area (Å²) < 4.78 is 48.2. The van der Waals surface area contributed by atoms with Gasteiger partial charge in [0.2, 0.25) is 5.60 Å². The third-order valence-corrected chi connectivity index (χ3v) is 4.65. The standard InChI is InChI=1S/C17H27F3O5/c1-14(2,11-8-6-7-9-11)25-13(22)15(3,4)24-12(21)10-16(5,23)17(18,19)20/h11,23H,6-10H2,1-5H3. The molecule has 0 aliphatic heterocycles. The van der Waals surface area contributed by atoms with E-state index in [0.717, 1.165) is 25.7 Å². The van der Waals surface area contributed by atoms with Gasteiger partial charge in [-0.3, -0.25) is 4.79 Å². The maximum Gasteiger partial charge on any atom is 0.417 e. The Labute approximate surface area is 145 Å². The molecule has 0 aromatic rings. The summed E-state index contributed by atoms with van der Waals surface area (Å²) in [5, 5.41) is 9.34. The van der Waals surface area contributed by atoms with Crippen LogP contribution in [0, 0.1) is 5.92 Å². The van der Waals surface area contributed by atoms with Crippen LogP contribution < -0.4 is 0 Å². The van der Waals surface area contributed by atoms with Crippen LogP contribution in [0.4, 0.5) is 13.2 Å². The average Bonchev–Trinajstić information content (AvgIpc) is 2.89. The van der Waals surface area contributed by atoms with E-state index in [9.17, 15) is 27.9 Å². The first-order chi connectivity index (χ1) is 11.1. The monoisotopic (exact) mass is 368 g/mol. The summed E-state index contributed by atoms with van der Waals surface area (Å²) in [6.07, 6.45) is -2.34. The molecule has 1 N–H and O–H groups in total. The van der Waals surface area contributed by atoms with E-state index in [1.807, 2.05) is 0 Å². The number of aliphatic hydroxyl groups is 1. The van der Waals surface area contributed by atoms with Gasteiger partial charge in [-0.2, -0.15) is 13.2 Å². The van der Waals surface area contributed by atoms with Gasteiger partial charge in [0.1, 0.15) is 5.60 Å². The predicted octanol–water partition coefficient (Wildman–Crippen LogP) is 3.52. The van der Waals surface area contributed by atoms with E-state index in [4.69, 9.17) is 9.47 Å². The number of hydrogen-bond acceptors (Lipinski definition) is 5. The van der Waals surface area contributed by atoms with Gasteiger partial charge in [-0.15, -0.1) is 0 Å². The number of esters is 2. The molecule has 0 spiro atoms. The second-order valence-corrected chi connectivity index (χ2v) is 7.91. The fraction of sp³-hybridized carbons (Fsp3) is 0.882. The number of rotatable bonds is 6. The van der Waals surface area contributed by atoms with Gasteiger partial charge in [0.25, 0.3) is 0 Å². The van der Waals surface area contributed by atoms with E-state index >= 15 is 0 Å². The second-order valence-electron chi connectivity index (χ2n) is 7.91. The third kappa shape index (κ3) is 5.59. The van der Waals surface area contributed by atoms with Crippen molar-refractivity contribution in [2.75, 3.05) is 0 Å². The number of carbonyl (C=O) groups is 2. The van der Waals surface area contributed by atoms with Crippen molar-refractivity contribution in [3.8, 4) is 0 Å². The molecule has 0 amide bonds. The molecular weight excluding hydrogens is 341 g/mol.